The molecule has 122 valence electrons. The molecule has 0 bridgehead atoms. The second-order valence-electron chi connectivity index (χ2n) is 5.55. The summed E-state index contributed by atoms with van der Waals surface area (Å²) in [4.78, 5) is 20.7. The lowest BCUT2D eigenvalue weighted by Crippen LogP contribution is -2.48. The number of amides is 1. The highest BCUT2D eigenvalue weighted by Gasteiger charge is 2.21. The van der Waals surface area contributed by atoms with Gasteiger partial charge in [-0.15, -0.1) is 12.4 Å². The maximum Gasteiger partial charge on any atom is 0.253 e. The van der Waals surface area contributed by atoms with E-state index in [0.29, 0.717) is 11.3 Å². The smallest absolute Gasteiger partial charge is 0.253 e. The van der Waals surface area contributed by atoms with Gasteiger partial charge in [0, 0.05) is 56.4 Å². The van der Waals surface area contributed by atoms with Gasteiger partial charge in [0.1, 0.15) is 0 Å². The summed E-state index contributed by atoms with van der Waals surface area (Å²) in [6, 6.07) is 11.2. The lowest BCUT2D eigenvalue weighted by molar-refractivity contribution is 0.0628. The van der Waals surface area contributed by atoms with Gasteiger partial charge in [0.05, 0.1) is 0 Å². The molecule has 0 unspecified atom stereocenters. The Morgan fingerprint density at radius 1 is 1.00 bits per heavy atom. The molecule has 1 aliphatic heterocycles. The van der Waals surface area contributed by atoms with E-state index in [2.05, 4.69) is 9.88 Å². The SMILES string of the molecule is Cl.Nc1ccc(C(=O)N2CCN(Cc3ccncc3)CC2)cc1. The Bertz CT molecular complexity index is 625. The molecule has 1 amide bonds. The van der Waals surface area contributed by atoms with Crippen LogP contribution in [0.4, 0.5) is 5.69 Å². The van der Waals surface area contributed by atoms with Crippen molar-refractivity contribution in [3.8, 4) is 0 Å². The summed E-state index contributed by atoms with van der Waals surface area (Å²) in [5, 5.41) is 0. The fraction of sp³-hybridized carbons (Fsp3) is 0.294. The third kappa shape index (κ3) is 4.43. The van der Waals surface area contributed by atoms with Crippen LogP contribution in [0.25, 0.3) is 0 Å². The summed E-state index contributed by atoms with van der Waals surface area (Å²) >= 11 is 0. The van der Waals surface area contributed by atoms with E-state index in [4.69, 9.17) is 5.73 Å². The van der Waals surface area contributed by atoms with Gasteiger partial charge in [-0.1, -0.05) is 0 Å². The second kappa shape index (κ2) is 7.94. The topological polar surface area (TPSA) is 62.5 Å². The number of benzene rings is 1. The van der Waals surface area contributed by atoms with Crippen LogP contribution in [0.1, 0.15) is 15.9 Å². The molecule has 0 spiro atoms. The first-order valence-electron chi connectivity index (χ1n) is 7.48. The molecular weight excluding hydrogens is 312 g/mol. The average molecular weight is 333 g/mol. The number of rotatable bonds is 3. The average Bonchev–Trinajstić information content (AvgIpc) is 2.57. The summed E-state index contributed by atoms with van der Waals surface area (Å²) < 4.78 is 0. The molecule has 0 aliphatic carbocycles. The predicted molar refractivity (Wildman–Crippen MR) is 93.5 cm³/mol. The summed E-state index contributed by atoms with van der Waals surface area (Å²) in [7, 11) is 0. The Labute approximate surface area is 142 Å². The van der Waals surface area contributed by atoms with Crippen molar-refractivity contribution in [2.24, 2.45) is 0 Å². The molecule has 5 nitrogen and oxygen atoms in total. The molecule has 23 heavy (non-hydrogen) atoms. The summed E-state index contributed by atoms with van der Waals surface area (Å²) in [6.07, 6.45) is 3.63. The lowest BCUT2D eigenvalue weighted by Gasteiger charge is -2.34. The van der Waals surface area contributed by atoms with E-state index in [9.17, 15) is 4.79 Å². The van der Waals surface area contributed by atoms with Crippen molar-refractivity contribution < 1.29 is 4.79 Å². The van der Waals surface area contributed by atoms with E-state index in [1.54, 1.807) is 24.3 Å². The Kier molecular flexibility index (Phi) is 5.96. The van der Waals surface area contributed by atoms with Crippen molar-refractivity contribution in [1.82, 2.24) is 14.8 Å². The number of nitrogens with zero attached hydrogens (tertiary/aromatic N) is 3. The van der Waals surface area contributed by atoms with Crippen LogP contribution in [0.3, 0.4) is 0 Å². The van der Waals surface area contributed by atoms with Gasteiger partial charge in [-0.05, 0) is 42.0 Å². The van der Waals surface area contributed by atoms with Gasteiger partial charge in [0.25, 0.3) is 5.91 Å². The van der Waals surface area contributed by atoms with Gasteiger partial charge >= 0.3 is 0 Å². The van der Waals surface area contributed by atoms with Crippen LogP contribution in [0.5, 0.6) is 0 Å². The molecule has 0 atom stereocenters. The predicted octanol–water partition coefficient (Wildman–Crippen LogP) is 2.04. The van der Waals surface area contributed by atoms with Gasteiger partial charge in [-0.25, -0.2) is 0 Å². The molecule has 1 saturated heterocycles. The van der Waals surface area contributed by atoms with Crippen molar-refractivity contribution in [2.45, 2.75) is 6.54 Å². The molecule has 2 N–H and O–H groups in total. The first kappa shape index (κ1) is 17.2. The van der Waals surface area contributed by atoms with Gasteiger partial charge in [-0.2, -0.15) is 0 Å². The first-order valence-corrected chi connectivity index (χ1v) is 7.48. The van der Waals surface area contributed by atoms with E-state index < -0.39 is 0 Å². The zero-order chi connectivity index (χ0) is 15.4. The third-order valence-corrected chi connectivity index (χ3v) is 3.97. The molecule has 3 rings (SSSR count). The number of halogens is 1. The highest BCUT2D eigenvalue weighted by atomic mass is 35.5. The fourth-order valence-corrected chi connectivity index (χ4v) is 2.66. The summed E-state index contributed by atoms with van der Waals surface area (Å²) in [6.45, 7) is 4.21. The molecule has 1 aromatic heterocycles. The first-order chi connectivity index (χ1) is 10.7. The molecule has 0 saturated carbocycles. The number of anilines is 1. The monoisotopic (exact) mass is 332 g/mol. The van der Waals surface area contributed by atoms with Gasteiger partial charge in [-0.3, -0.25) is 14.7 Å². The number of carbonyl (C=O) groups is 1. The van der Waals surface area contributed by atoms with Crippen LogP contribution in [0.15, 0.2) is 48.8 Å². The number of hydrogen-bond acceptors (Lipinski definition) is 4. The van der Waals surface area contributed by atoms with Crippen molar-refractivity contribution in [1.29, 1.82) is 0 Å². The molecular formula is C17H21ClN4O. The van der Waals surface area contributed by atoms with E-state index in [-0.39, 0.29) is 18.3 Å². The van der Waals surface area contributed by atoms with Gasteiger partial charge in [0.2, 0.25) is 0 Å². The number of pyridine rings is 1. The Morgan fingerprint density at radius 2 is 1.61 bits per heavy atom. The number of carbonyl (C=O) groups excluding carboxylic acids is 1. The number of nitrogens with two attached hydrogens (primary N) is 1. The molecule has 1 aromatic carbocycles. The van der Waals surface area contributed by atoms with Crippen LogP contribution in [-0.2, 0) is 6.54 Å². The second-order valence-corrected chi connectivity index (χ2v) is 5.55. The van der Waals surface area contributed by atoms with E-state index >= 15 is 0 Å². The Hall–Kier alpha value is -2.11. The van der Waals surface area contributed by atoms with Crippen LogP contribution >= 0.6 is 12.4 Å². The van der Waals surface area contributed by atoms with Gasteiger partial charge in [0.15, 0.2) is 0 Å². The lowest BCUT2D eigenvalue weighted by atomic mass is 10.1. The van der Waals surface area contributed by atoms with E-state index in [1.165, 1.54) is 5.56 Å². The minimum atomic E-state index is 0. The standard InChI is InChI=1S/C17H20N4O.ClH/c18-16-3-1-15(2-4-16)17(22)21-11-9-20(10-12-21)13-14-5-7-19-8-6-14;/h1-8H,9-13,18H2;1H. The maximum atomic E-state index is 12.4. The largest absolute Gasteiger partial charge is 0.399 e. The van der Waals surface area contributed by atoms with Crippen molar-refractivity contribution in [3.05, 3.63) is 59.9 Å². The minimum Gasteiger partial charge on any atom is -0.399 e. The number of piperazine rings is 1. The van der Waals surface area contributed by atoms with E-state index in [0.717, 1.165) is 32.7 Å². The number of aromatic nitrogens is 1. The van der Waals surface area contributed by atoms with Crippen LogP contribution in [0, 0.1) is 0 Å². The minimum absolute atomic E-state index is 0. The molecule has 6 heteroatoms. The summed E-state index contributed by atoms with van der Waals surface area (Å²) in [5.41, 5.74) is 8.30. The quantitative estimate of drug-likeness (QED) is 0.874. The van der Waals surface area contributed by atoms with E-state index in [1.807, 2.05) is 29.4 Å². The van der Waals surface area contributed by atoms with Crippen LogP contribution < -0.4 is 5.73 Å². The van der Waals surface area contributed by atoms with Crippen LogP contribution in [-0.4, -0.2) is 46.9 Å². The maximum absolute atomic E-state index is 12.4. The number of nitrogen functional groups attached to an aromatic ring is 1. The van der Waals surface area contributed by atoms with Crippen molar-refractivity contribution in [2.75, 3.05) is 31.9 Å². The van der Waals surface area contributed by atoms with Crippen molar-refractivity contribution >= 4 is 24.0 Å². The van der Waals surface area contributed by atoms with Gasteiger partial charge < -0.3 is 10.6 Å². The molecule has 2 heterocycles. The highest BCUT2D eigenvalue weighted by Crippen LogP contribution is 2.12. The van der Waals surface area contributed by atoms with Crippen LogP contribution in [0.2, 0.25) is 0 Å². The fourth-order valence-electron chi connectivity index (χ4n) is 2.66. The zero-order valence-electron chi connectivity index (χ0n) is 12.9. The Morgan fingerprint density at radius 3 is 2.22 bits per heavy atom. The third-order valence-electron chi connectivity index (χ3n) is 3.97. The molecule has 0 radical (unpaired) electrons. The van der Waals surface area contributed by atoms with Crippen molar-refractivity contribution in [3.63, 3.8) is 0 Å². The number of hydrogen-bond donors (Lipinski definition) is 1. The normalized spacial score (nSPS) is 15.0. The molecule has 1 fully saturated rings. The molecule has 2 aromatic rings. The highest BCUT2D eigenvalue weighted by molar-refractivity contribution is 5.94. The zero-order valence-corrected chi connectivity index (χ0v) is 13.7. The molecule has 1 aliphatic rings. The summed E-state index contributed by atoms with van der Waals surface area (Å²) in [5.74, 6) is 0.0866. The Balaban J connectivity index is 0.00000192.